The van der Waals surface area contributed by atoms with Gasteiger partial charge in [0.2, 0.25) is 11.8 Å². The number of rotatable bonds is 13. The average molecular weight is 499 g/mol. The lowest BCUT2D eigenvalue weighted by Gasteiger charge is -2.34. The summed E-state index contributed by atoms with van der Waals surface area (Å²) >= 11 is 0. The number of nitrogens with one attached hydrogen (secondary N) is 2. The molecule has 0 aromatic heterocycles. The van der Waals surface area contributed by atoms with Crippen molar-refractivity contribution < 1.29 is 23.8 Å². The second kappa shape index (κ2) is 14.4. The molecule has 1 aliphatic rings. The van der Waals surface area contributed by atoms with Gasteiger partial charge in [-0.15, -0.1) is 0 Å². The number of ether oxygens (including phenoxy) is 3. The van der Waals surface area contributed by atoms with Crippen LogP contribution in [0.3, 0.4) is 0 Å². The fourth-order valence-electron chi connectivity index (χ4n) is 4.17. The van der Waals surface area contributed by atoms with Crippen LogP contribution in [0.5, 0.6) is 11.5 Å². The number of benzene rings is 2. The van der Waals surface area contributed by atoms with Gasteiger partial charge < -0.3 is 24.8 Å². The smallest absolute Gasteiger partial charge is 0.234 e. The van der Waals surface area contributed by atoms with Crippen LogP contribution in [-0.4, -0.2) is 95.4 Å². The first-order valence-corrected chi connectivity index (χ1v) is 12.3. The summed E-state index contributed by atoms with van der Waals surface area (Å²) in [6, 6.07) is 15.1. The molecule has 0 aliphatic carbocycles. The summed E-state index contributed by atoms with van der Waals surface area (Å²) in [5.74, 6) is 1.51. The van der Waals surface area contributed by atoms with Gasteiger partial charge in [-0.05, 0) is 41.8 Å². The molecule has 196 valence electrons. The molecule has 0 spiro atoms. The number of carbonyl (C=O) groups excluding carboxylic acids is 2. The highest BCUT2D eigenvalue weighted by Gasteiger charge is 2.23. The van der Waals surface area contributed by atoms with E-state index in [2.05, 4.69) is 20.4 Å². The van der Waals surface area contributed by atoms with Crippen molar-refractivity contribution in [3.05, 3.63) is 59.7 Å². The van der Waals surface area contributed by atoms with Gasteiger partial charge in [0.1, 0.15) is 11.5 Å². The van der Waals surface area contributed by atoms with Crippen molar-refractivity contribution in [3.63, 3.8) is 0 Å². The molecule has 0 bridgehead atoms. The monoisotopic (exact) mass is 498 g/mol. The number of nitrogens with zero attached hydrogens (tertiary/aromatic N) is 2. The summed E-state index contributed by atoms with van der Waals surface area (Å²) in [5.41, 5.74) is 1.94. The Morgan fingerprint density at radius 2 is 1.25 bits per heavy atom. The fraction of sp³-hybridized carbons (Fsp3) is 0.481. The van der Waals surface area contributed by atoms with Crippen molar-refractivity contribution in [1.82, 2.24) is 20.4 Å². The minimum atomic E-state index is -0.294. The Bertz CT molecular complexity index is 896. The quantitative estimate of drug-likeness (QED) is 0.406. The van der Waals surface area contributed by atoms with Crippen LogP contribution in [0.25, 0.3) is 0 Å². The normalized spacial score (nSPS) is 14.4. The van der Waals surface area contributed by atoms with Gasteiger partial charge in [0.25, 0.3) is 0 Å². The maximum absolute atomic E-state index is 13.1. The van der Waals surface area contributed by atoms with Crippen LogP contribution >= 0.6 is 0 Å². The van der Waals surface area contributed by atoms with Crippen molar-refractivity contribution in [1.29, 1.82) is 0 Å². The van der Waals surface area contributed by atoms with E-state index in [1.807, 2.05) is 48.5 Å². The highest BCUT2D eigenvalue weighted by molar-refractivity contribution is 5.79. The number of methoxy groups -OCH3 is 3. The van der Waals surface area contributed by atoms with E-state index >= 15 is 0 Å². The zero-order valence-corrected chi connectivity index (χ0v) is 21.5. The van der Waals surface area contributed by atoms with Crippen LogP contribution in [0.2, 0.25) is 0 Å². The lowest BCUT2D eigenvalue weighted by molar-refractivity contribution is -0.125. The molecule has 2 aromatic rings. The molecule has 1 saturated heterocycles. The first-order valence-electron chi connectivity index (χ1n) is 12.3. The Kier molecular flexibility index (Phi) is 11.0. The van der Waals surface area contributed by atoms with Crippen LogP contribution in [0.1, 0.15) is 23.6 Å². The van der Waals surface area contributed by atoms with Crippen LogP contribution in [-0.2, 0) is 14.3 Å². The molecule has 2 N–H and O–H groups in total. The maximum Gasteiger partial charge on any atom is 0.234 e. The van der Waals surface area contributed by atoms with Gasteiger partial charge >= 0.3 is 0 Å². The molecule has 3 rings (SSSR count). The molecular formula is C27H38N4O5. The molecule has 36 heavy (non-hydrogen) atoms. The van der Waals surface area contributed by atoms with E-state index in [1.165, 1.54) is 0 Å². The molecule has 1 aliphatic heterocycles. The molecule has 1 fully saturated rings. The van der Waals surface area contributed by atoms with Crippen LogP contribution in [0.15, 0.2) is 48.5 Å². The highest BCUT2D eigenvalue weighted by atomic mass is 16.5. The van der Waals surface area contributed by atoms with Gasteiger partial charge in [0.05, 0.1) is 33.4 Å². The summed E-state index contributed by atoms with van der Waals surface area (Å²) in [4.78, 5) is 29.4. The van der Waals surface area contributed by atoms with Gasteiger partial charge in [-0.2, -0.15) is 0 Å². The minimum absolute atomic E-state index is 0.0270. The highest BCUT2D eigenvalue weighted by Crippen LogP contribution is 2.26. The molecular weight excluding hydrogens is 460 g/mol. The first kappa shape index (κ1) is 27.4. The Labute approximate surface area is 213 Å². The molecule has 0 atom stereocenters. The summed E-state index contributed by atoms with van der Waals surface area (Å²) in [7, 11) is 4.92. The largest absolute Gasteiger partial charge is 0.497 e. The van der Waals surface area contributed by atoms with E-state index in [-0.39, 0.29) is 17.9 Å². The first-order chi connectivity index (χ1) is 17.5. The predicted molar refractivity (Wildman–Crippen MR) is 138 cm³/mol. The fourth-order valence-corrected chi connectivity index (χ4v) is 4.17. The molecule has 9 heteroatoms. The second-order valence-electron chi connectivity index (χ2n) is 8.80. The Balaban J connectivity index is 1.53. The van der Waals surface area contributed by atoms with Gasteiger partial charge in [0.15, 0.2) is 0 Å². The van der Waals surface area contributed by atoms with Crippen molar-refractivity contribution >= 4 is 11.8 Å². The molecule has 0 unspecified atom stereocenters. The van der Waals surface area contributed by atoms with Crippen molar-refractivity contribution in [2.75, 3.05) is 73.7 Å². The predicted octanol–water partition coefficient (Wildman–Crippen LogP) is 1.68. The molecule has 9 nitrogen and oxygen atoms in total. The number of piperazine rings is 1. The standard InChI is InChI=1S/C27H38N4O5/c1-34-18-4-13-28-25(32)19-30-14-16-31(17-15-30)20-26(33)29-27(21-5-9-23(35-2)10-6-21)22-7-11-24(36-3)12-8-22/h5-12,27H,4,13-20H2,1-3H3,(H,28,32)(H,29,33). The van der Waals surface area contributed by atoms with E-state index in [4.69, 9.17) is 14.2 Å². The molecule has 0 saturated carbocycles. The minimum Gasteiger partial charge on any atom is -0.497 e. The van der Waals surface area contributed by atoms with Crippen molar-refractivity contribution in [3.8, 4) is 11.5 Å². The summed E-state index contributed by atoms with van der Waals surface area (Å²) in [6.07, 6.45) is 0.805. The Morgan fingerprint density at radius 3 is 1.69 bits per heavy atom. The maximum atomic E-state index is 13.1. The lowest BCUT2D eigenvalue weighted by Crippen LogP contribution is -2.51. The van der Waals surface area contributed by atoms with E-state index in [0.29, 0.717) is 26.2 Å². The van der Waals surface area contributed by atoms with Gasteiger partial charge in [-0.1, -0.05) is 24.3 Å². The topological polar surface area (TPSA) is 92.4 Å². The molecule has 2 amide bonds. The van der Waals surface area contributed by atoms with Crippen molar-refractivity contribution in [2.45, 2.75) is 12.5 Å². The molecule has 0 radical (unpaired) electrons. The van der Waals surface area contributed by atoms with Crippen LogP contribution in [0.4, 0.5) is 0 Å². The zero-order valence-electron chi connectivity index (χ0n) is 21.5. The molecule has 1 heterocycles. The van der Waals surface area contributed by atoms with Gasteiger partial charge in [0, 0.05) is 46.4 Å². The summed E-state index contributed by atoms with van der Waals surface area (Å²) in [6.45, 7) is 4.91. The third-order valence-electron chi connectivity index (χ3n) is 6.25. The number of hydrogen-bond acceptors (Lipinski definition) is 7. The van der Waals surface area contributed by atoms with Gasteiger partial charge in [-0.25, -0.2) is 0 Å². The van der Waals surface area contributed by atoms with E-state index in [1.54, 1.807) is 21.3 Å². The van der Waals surface area contributed by atoms with Crippen LogP contribution < -0.4 is 20.1 Å². The molecule has 2 aromatic carbocycles. The SMILES string of the molecule is COCCCNC(=O)CN1CCN(CC(=O)NC(c2ccc(OC)cc2)c2ccc(OC)cc2)CC1. The van der Waals surface area contributed by atoms with Crippen LogP contribution in [0, 0.1) is 0 Å². The van der Waals surface area contributed by atoms with E-state index in [9.17, 15) is 9.59 Å². The van der Waals surface area contributed by atoms with E-state index < -0.39 is 0 Å². The third-order valence-corrected chi connectivity index (χ3v) is 6.25. The number of carbonyl (C=O) groups is 2. The number of amides is 2. The van der Waals surface area contributed by atoms with E-state index in [0.717, 1.165) is 55.2 Å². The number of hydrogen-bond donors (Lipinski definition) is 2. The Hall–Kier alpha value is -3.14. The third kappa shape index (κ3) is 8.51. The van der Waals surface area contributed by atoms with Gasteiger partial charge in [-0.3, -0.25) is 19.4 Å². The zero-order chi connectivity index (χ0) is 25.8. The van der Waals surface area contributed by atoms with Crippen molar-refractivity contribution in [2.24, 2.45) is 0 Å². The lowest BCUT2D eigenvalue weighted by atomic mass is 9.98. The summed E-state index contributed by atoms with van der Waals surface area (Å²) in [5, 5.41) is 6.12. The average Bonchev–Trinajstić information content (AvgIpc) is 2.91. The second-order valence-corrected chi connectivity index (χ2v) is 8.80. The Morgan fingerprint density at radius 1 is 0.778 bits per heavy atom. The summed E-state index contributed by atoms with van der Waals surface area (Å²) < 4.78 is 15.6.